The van der Waals surface area contributed by atoms with Gasteiger partial charge in [-0.2, -0.15) is 4.39 Å². The lowest BCUT2D eigenvalue weighted by molar-refractivity contribution is -0.133. The van der Waals surface area contributed by atoms with E-state index in [0.717, 1.165) is 17.5 Å². The van der Waals surface area contributed by atoms with E-state index < -0.39 is 23.0 Å². The molecule has 1 aliphatic heterocycles. The zero-order valence-electron chi connectivity index (χ0n) is 13.9. The Morgan fingerprint density at radius 2 is 2.15 bits per heavy atom. The van der Waals surface area contributed by atoms with Gasteiger partial charge in [0.15, 0.2) is 16.0 Å². The van der Waals surface area contributed by atoms with Crippen molar-refractivity contribution in [2.24, 2.45) is 4.99 Å². The smallest absolute Gasteiger partial charge is 0.335 e. The fourth-order valence-corrected chi connectivity index (χ4v) is 4.58. The summed E-state index contributed by atoms with van der Waals surface area (Å²) in [4.78, 5) is 22.3. The monoisotopic (exact) mass is 519 g/mol. The van der Waals surface area contributed by atoms with Crippen LogP contribution in [0.15, 0.2) is 45.1 Å². The number of thiazole rings is 1. The zero-order valence-corrected chi connectivity index (χ0v) is 17.9. The predicted octanol–water partition coefficient (Wildman–Crippen LogP) is 4.74. The van der Waals surface area contributed by atoms with Gasteiger partial charge < -0.3 is 10.0 Å². The highest BCUT2D eigenvalue weighted by molar-refractivity contribution is 9.10. The molecule has 27 heavy (non-hydrogen) atoms. The van der Waals surface area contributed by atoms with Crippen molar-refractivity contribution in [1.29, 1.82) is 0 Å². The van der Waals surface area contributed by atoms with Crippen molar-refractivity contribution in [2.45, 2.75) is 13.0 Å². The first-order valence-electron chi connectivity index (χ1n) is 7.81. The van der Waals surface area contributed by atoms with Gasteiger partial charge >= 0.3 is 5.97 Å². The van der Waals surface area contributed by atoms with Crippen LogP contribution in [0, 0.1) is 10.9 Å². The second-order valence-electron chi connectivity index (χ2n) is 5.56. The van der Waals surface area contributed by atoms with Gasteiger partial charge in [0.25, 0.3) is 0 Å². The van der Waals surface area contributed by atoms with Crippen LogP contribution in [0.2, 0.25) is 0 Å². The second kappa shape index (κ2) is 8.15. The normalized spacial score (nSPS) is 17.3. The highest BCUT2D eigenvalue weighted by atomic mass is 79.9. The van der Waals surface area contributed by atoms with Gasteiger partial charge in [-0.05, 0) is 24.6 Å². The average molecular weight is 521 g/mol. The quantitative estimate of drug-likeness (QED) is 0.578. The Kier molecular flexibility index (Phi) is 6.07. The molecule has 3 rings (SSSR count). The number of halogens is 4. The summed E-state index contributed by atoms with van der Waals surface area (Å²) in [7, 11) is 0. The zero-order chi connectivity index (χ0) is 19.7. The van der Waals surface area contributed by atoms with E-state index >= 15 is 0 Å². The molecule has 0 aliphatic carbocycles. The highest BCUT2D eigenvalue weighted by Gasteiger charge is 2.38. The molecule has 2 aromatic rings. The summed E-state index contributed by atoms with van der Waals surface area (Å²) in [5.74, 6) is -1.19. The molecule has 0 saturated carbocycles. The van der Waals surface area contributed by atoms with Gasteiger partial charge in [0.05, 0.1) is 23.5 Å². The SMILES string of the molecule is CCN1C(c2ncc(F)s2)=NC(CBr)=C(C(=O)O)C1c1ccc(F)cc1Br. The van der Waals surface area contributed by atoms with Crippen molar-refractivity contribution in [3.05, 3.63) is 61.7 Å². The number of aliphatic carboxylic acids is 1. The fraction of sp³-hybridized carbons (Fsp3) is 0.235. The topological polar surface area (TPSA) is 65.8 Å². The van der Waals surface area contributed by atoms with Gasteiger partial charge in [0.1, 0.15) is 5.82 Å². The Morgan fingerprint density at radius 3 is 2.67 bits per heavy atom. The van der Waals surface area contributed by atoms with E-state index in [1.54, 1.807) is 4.90 Å². The second-order valence-corrected chi connectivity index (χ2v) is 7.95. The van der Waals surface area contributed by atoms with Crippen molar-refractivity contribution >= 4 is 55.0 Å². The third-order valence-electron chi connectivity index (χ3n) is 4.03. The van der Waals surface area contributed by atoms with Crippen molar-refractivity contribution < 1.29 is 18.7 Å². The molecule has 1 N–H and O–H groups in total. The number of hydrogen-bond acceptors (Lipinski definition) is 5. The Hall–Kier alpha value is -1.65. The third-order valence-corrected chi connectivity index (χ3v) is 6.03. The highest BCUT2D eigenvalue weighted by Crippen LogP contribution is 2.40. The summed E-state index contributed by atoms with van der Waals surface area (Å²) >= 11 is 7.45. The Balaban J connectivity index is 2.26. The van der Waals surface area contributed by atoms with Crippen LogP contribution >= 0.6 is 43.2 Å². The summed E-state index contributed by atoms with van der Waals surface area (Å²) in [6.45, 7) is 2.23. The van der Waals surface area contributed by atoms with Crippen LogP contribution in [0.25, 0.3) is 0 Å². The number of alkyl halides is 1. The molecular formula is C17H13Br2F2N3O2S. The summed E-state index contributed by atoms with van der Waals surface area (Å²) in [6, 6.07) is 3.35. The molecule has 142 valence electrons. The molecule has 1 aliphatic rings. The van der Waals surface area contributed by atoms with Crippen LogP contribution < -0.4 is 0 Å². The van der Waals surface area contributed by atoms with Crippen LogP contribution in [-0.4, -0.2) is 38.7 Å². The average Bonchev–Trinajstić information content (AvgIpc) is 3.06. The molecule has 0 radical (unpaired) electrons. The summed E-state index contributed by atoms with van der Waals surface area (Å²) < 4.78 is 27.6. The number of benzene rings is 1. The van der Waals surface area contributed by atoms with E-state index in [0.29, 0.717) is 33.1 Å². The minimum Gasteiger partial charge on any atom is -0.478 e. The number of likely N-dealkylation sites (N-methyl/N-ethyl adjacent to an activating group) is 1. The number of nitrogens with zero attached hydrogens (tertiary/aromatic N) is 3. The van der Waals surface area contributed by atoms with E-state index in [-0.39, 0.29) is 10.9 Å². The lowest BCUT2D eigenvalue weighted by atomic mass is 9.93. The van der Waals surface area contributed by atoms with E-state index in [1.807, 2.05) is 6.92 Å². The minimum absolute atomic E-state index is 0.0711. The molecule has 0 bridgehead atoms. The van der Waals surface area contributed by atoms with Gasteiger partial charge in [0, 0.05) is 16.3 Å². The number of carbonyl (C=O) groups is 1. The molecule has 2 heterocycles. The largest absolute Gasteiger partial charge is 0.478 e. The van der Waals surface area contributed by atoms with Gasteiger partial charge in [-0.3, -0.25) is 0 Å². The summed E-state index contributed by atoms with van der Waals surface area (Å²) in [5.41, 5.74) is 0.944. The molecule has 0 amide bonds. The number of aromatic nitrogens is 1. The first kappa shape index (κ1) is 20.1. The van der Waals surface area contributed by atoms with Crippen LogP contribution in [0.1, 0.15) is 23.5 Å². The molecule has 1 atom stereocenters. The maximum atomic E-state index is 13.6. The number of rotatable bonds is 5. The first-order valence-corrected chi connectivity index (χ1v) is 10.5. The molecular weight excluding hydrogens is 508 g/mol. The van der Waals surface area contributed by atoms with Gasteiger partial charge in [0.2, 0.25) is 0 Å². The molecule has 0 spiro atoms. The lowest BCUT2D eigenvalue weighted by Crippen LogP contribution is -2.41. The number of amidine groups is 1. The molecule has 0 saturated heterocycles. The predicted molar refractivity (Wildman–Crippen MR) is 106 cm³/mol. The van der Waals surface area contributed by atoms with E-state index in [1.165, 1.54) is 18.2 Å². The maximum Gasteiger partial charge on any atom is 0.335 e. The fourth-order valence-electron chi connectivity index (χ4n) is 2.94. The number of allylic oxidation sites excluding steroid dienone is 1. The van der Waals surface area contributed by atoms with Crippen LogP contribution in [0.5, 0.6) is 0 Å². The Morgan fingerprint density at radius 1 is 1.41 bits per heavy atom. The molecule has 10 heteroatoms. The standard InChI is InChI=1S/C17H13Br2F2N3O2S/c1-2-24-14(9-4-3-8(20)5-10(9)19)13(17(25)26)11(6-18)23-15(24)16-22-7-12(21)27-16/h3-5,7,14H,2,6H2,1H3,(H,25,26). The third kappa shape index (κ3) is 3.83. The van der Waals surface area contributed by atoms with Gasteiger partial charge in [-0.15, -0.1) is 0 Å². The number of carboxylic acid groups (broad SMARTS) is 1. The van der Waals surface area contributed by atoms with Crippen molar-refractivity contribution in [1.82, 2.24) is 9.88 Å². The number of aliphatic imine (C=N–C) groups is 1. The Bertz CT molecular complexity index is 961. The van der Waals surface area contributed by atoms with Crippen molar-refractivity contribution in [3.8, 4) is 0 Å². The summed E-state index contributed by atoms with van der Waals surface area (Å²) in [6.07, 6.45) is 1.10. The molecule has 1 aromatic carbocycles. The lowest BCUT2D eigenvalue weighted by Gasteiger charge is -2.37. The van der Waals surface area contributed by atoms with Crippen LogP contribution in [-0.2, 0) is 4.79 Å². The Labute approximate surface area is 174 Å². The van der Waals surface area contributed by atoms with Gasteiger partial charge in [-0.25, -0.2) is 19.2 Å². The van der Waals surface area contributed by atoms with Crippen molar-refractivity contribution in [2.75, 3.05) is 11.9 Å². The first-order chi connectivity index (χ1) is 12.9. The van der Waals surface area contributed by atoms with Crippen LogP contribution in [0.3, 0.4) is 0 Å². The summed E-state index contributed by atoms with van der Waals surface area (Å²) in [5, 5.41) is 9.93. The van der Waals surface area contributed by atoms with E-state index in [9.17, 15) is 18.7 Å². The van der Waals surface area contributed by atoms with E-state index in [4.69, 9.17) is 0 Å². The van der Waals surface area contributed by atoms with E-state index in [2.05, 4.69) is 41.8 Å². The number of hydrogen-bond donors (Lipinski definition) is 1. The maximum absolute atomic E-state index is 13.6. The van der Waals surface area contributed by atoms with Crippen LogP contribution in [0.4, 0.5) is 8.78 Å². The minimum atomic E-state index is -1.13. The molecule has 0 fully saturated rings. The molecule has 1 unspecified atom stereocenters. The van der Waals surface area contributed by atoms with Gasteiger partial charge in [-0.1, -0.05) is 49.3 Å². The van der Waals surface area contributed by atoms with Crippen molar-refractivity contribution in [3.63, 3.8) is 0 Å². The molecule has 1 aromatic heterocycles. The number of carboxylic acids is 1. The molecule has 5 nitrogen and oxygen atoms in total.